The molecule has 0 bridgehead atoms. The minimum atomic E-state index is -0.543. The zero-order valence-electron chi connectivity index (χ0n) is 16.5. The van der Waals surface area contributed by atoms with E-state index >= 15 is 0 Å². The Hall–Kier alpha value is -4.02. The Bertz CT molecular complexity index is 1170. The van der Waals surface area contributed by atoms with E-state index in [4.69, 9.17) is 9.47 Å². The van der Waals surface area contributed by atoms with Crippen LogP contribution in [0.4, 0.5) is 10.6 Å². The maximum Gasteiger partial charge on any atom is 0.412 e. The summed E-state index contributed by atoms with van der Waals surface area (Å²) >= 11 is 0. The highest BCUT2D eigenvalue weighted by Crippen LogP contribution is 2.25. The molecule has 11 heteroatoms. The number of anilines is 1. The van der Waals surface area contributed by atoms with Gasteiger partial charge in [-0.2, -0.15) is 4.98 Å². The van der Waals surface area contributed by atoms with E-state index in [1.54, 1.807) is 29.8 Å². The van der Waals surface area contributed by atoms with Crippen LogP contribution in [0, 0.1) is 0 Å². The van der Waals surface area contributed by atoms with Crippen LogP contribution in [0.3, 0.4) is 0 Å². The van der Waals surface area contributed by atoms with Gasteiger partial charge in [-0.25, -0.2) is 19.0 Å². The molecule has 11 nitrogen and oxygen atoms in total. The third-order valence-corrected chi connectivity index (χ3v) is 4.15. The Labute approximate surface area is 171 Å². The van der Waals surface area contributed by atoms with Gasteiger partial charge in [0, 0.05) is 7.05 Å². The third-order valence-electron chi connectivity index (χ3n) is 4.15. The standard InChI is InChI=1S/C19H20N8O3/c1-3-11-29-19(28)22-16-10-6-7-13(20-16)12-30-18-21-14-8-4-5-9-15(14)27(18)17-23-24-25-26(17)2/h4-10H,3,11-12H2,1-2H3,(H,20,22,28). The third kappa shape index (κ3) is 4.04. The molecule has 1 N–H and O–H groups in total. The zero-order chi connectivity index (χ0) is 20.9. The molecule has 154 valence electrons. The maximum atomic E-state index is 11.7. The van der Waals surface area contributed by atoms with E-state index in [1.165, 1.54) is 4.68 Å². The van der Waals surface area contributed by atoms with Crippen molar-refractivity contribution in [1.82, 2.24) is 34.7 Å². The Morgan fingerprint density at radius 2 is 2.00 bits per heavy atom. The molecular weight excluding hydrogens is 388 g/mol. The average molecular weight is 408 g/mol. The predicted octanol–water partition coefficient (Wildman–Crippen LogP) is 2.48. The number of amides is 1. The normalized spacial score (nSPS) is 10.9. The Balaban J connectivity index is 1.55. The van der Waals surface area contributed by atoms with Crippen LogP contribution < -0.4 is 10.1 Å². The summed E-state index contributed by atoms with van der Waals surface area (Å²) in [5, 5.41) is 14.2. The quantitative estimate of drug-likeness (QED) is 0.495. The number of hydrogen-bond acceptors (Lipinski definition) is 8. The smallest absolute Gasteiger partial charge is 0.412 e. The van der Waals surface area contributed by atoms with Gasteiger partial charge < -0.3 is 9.47 Å². The molecule has 3 heterocycles. The van der Waals surface area contributed by atoms with Gasteiger partial charge in [0.1, 0.15) is 12.4 Å². The van der Waals surface area contributed by atoms with Crippen LogP contribution in [0.1, 0.15) is 19.0 Å². The fourth-order valence-electron chi connectivity index (χ4n) is 2.81. The van der Waals surface area contributed by atoms with Crippen molar-refractivity contribution in [2.75, 3.05) is 11.9 Å². The van der Waals surface area contributed by atoms with E-state index < -0.39 is 6.09 Å². The largest absolute Gasteiger partial charge is 0.458 e. The summed E-state index contributed by atoms with van der Waals surface area (Å²) < 4.78 is 14.2. The highest BCUT2D eigenvalue weighted by Gasteiger charge is 2.18. The molecule has 0 fully saturated rings. The van der Waals surface area contributed by atoms with E-state index in [0.717, 1.165) is 17.5 Å². The van der Waals surface area contributed by atoms with Crippen molar-refractivity contribution in [3.63, 3.8) is 0 Å². The number of rotatable bonds is 7. The van der Waals surface area contributed by atoms with Crippen molar-refractivity contribution in [2.24, 2.45) is 7.05 Å². The summed E-state index contributed by atoms with van der Waals surface area (Å²) in [5.74, 6) is 0.851. The summed E-state index contributed by atoms with van der Waals surface area (Å²) in [6.45, 7) is 2.41. The van der Waals surface area contributed by atoms with Gasteiger partial charge in [0.2, 0.25) is 0 Å². The van der Waals surface area contributed by atoms with E-state index in [2.05, 4.69) is 30.8 Å². The molecule has 1 amide bonds. The fraction of sp³-hybridized carbons (Fsp3) is 0.263. The number of nitrogens with one attached hydrogen (secondary N) is 1. The topological polar surface area (TPSA) is 122 Å². The number of pyridine rings is 1. The predicted molar refractivity (Wildman–Crippen MR) is 107 cm³/mol. The molecule has 1 aromatic carbocycles. The second-order valence-electron chi connectivity index (χ2n) is 6.38. The van der Waals surface area contributed by atoms with Gasteiger partial charge in [-0.1, -0.05) is 30.2 Å². The van der Waals surface area contributed by atoms with Crippen molar-refractivity contribution in [2.45, 2.75) is 20.0 Å². The second kappa shape index (κ2) is 8.55. The average Bonchev–Trinajstić information content (AvgIpc) is 3.33. The van der Waals surface area contributed by atoms with Crippen LogP contribution in [0.15, 0.2) is 42.5 Å². The van der Waals surface area contributed by atoms with Crippen molar-refractivity contribution in [1.29, 1.82) is 0 Å². The van der Waals surface area contributed by atoms with Crippen LogP contribution in [0.25, 0.3) is 17.0 Å². The van der Waals surface area contributed by atoms with Crippen LogP contribution in [0.2, 0.25) is 0 Å². The summed E-state index contributed by atoms with van der Waals surface area (Å²) in [4.78, 5) is 20.7. The van der Waals surface area contributed by atoms with Crippen molar-refractivity contribution in [3.8, 4) is 12.0 Å². The van der Waals surface area contributed by atoms with Crippen molar-refractivity contribution in [3.05, 3.63) is 48.2 Å². The lowest BCUT2D eigenvalue weighted by atomic mass is 10.3. The van der Waals surface area contributed by atoms with Gasteiger partial charge in [0.15, 0.2) is 0 Å². The lowest BCUT2D eigenvalue weighted by Crippen LogP contribution is -2.15. The van der Waals surface area contributed by atoms with E-state index in [1.807, 2.05) is 31.2 Å². The monoisotopic (exact) mass is 408 g/mol. The lowest BCUT2D eigenvalue weighted by Gasteiger charge is -2.09. The first-order valence-corrected chi connectivity index (χ1v) is 9.38. The number of para-hydroxylation sites is 2. The van der Waals surface area contributed by atoms with Gasteiger partial charge >= 0.3 is 12.1 Å². The molecule has 4 rings (SSSR count). The number of ether oxygens (including phenoxy) is 2. The number of fused-ring (bicyclic) bond motifs is 1. The minimum Gasteiger partial charge on any atom is -0.458 e. The molecule has 0 aliphatic rings. The molecule has 0 radical (unpaired) electrons. The highest BCUT2D eigenvalue weighted by molar-refractivity contribution is 5.83. The first kappa shape index (κ1) is 19.3. The maximum absolute atomic E-state index is 11.7. The Morgan fingerprint density at radius 3 is 2.80 bits per heavy atom. The molecule has 0 aliphatic carbocycles. The molecule has 0 aliphatic heterocycles. The number of imidazole rings is 1. The van der Waals surface area contributed by atoms with Gasteiger partial charge in [-0.3, -0.25) is 5.32 Å². The second-order valence-corrected chi connectivity index (χ2v) is 6.38. The molecule has 0 saturated heterocycles. The summed E-state index contributed by atoms with van der Waals surface area (Å²) in [5.41, 5.74) is 2.17. The molecule has 0 unspecified atom stereocenters. The minimum absolute atomic E-state index is 0.133. The number of carbonyl (C=O) groups excluding carboxylic acids is 1. The fourth-order valence-corrected chi connectivity index (χ4v) is 2.81. The molecule has 0 saturated carbocycles. The highest BCUT2D eigenvalue weighted by atomic mass is 16.5. The molecular formula is C19H20N8O3. The number of tetrazole rings is 1. The van der Waals surface area contributed by atoms with Gasteiger partial charge in [0.25, 0.3) is 5.95 Å². The van der Waals surface area contributed by atoms with E-state index in [-0.39, 0.29) is 6.61 Å². The van der Waals surface area contributed by atoms with Gasteiger partial charge in [0.05, 0.1) is 23.3 Å². The molecule has 3 aromatic heterocycles. The molecule has 0 atom stereocenters. The molecule has 4 aromatic rings. The van der Waals surface area contributed by atoms with Crippen LogP contribution in [-0.4, -0.2) is 47.4 Å². The van der Waals surface area contributed by atoms with Crippen LogP contribution in [0.5, 0.6) is 6.01 Å². The Morgan fingerprint density at radius 1 is 1.13 bits per heavy atom. The van der Waals surface area contributed by atoms with E-state index in [9.17, 15) is 4.79 Å². The zero-order valence-corrected chi connectivity index (χ0v) is 16.5. The summed E-state index contributed by atoms with van der Waals surface area (Å²) in [6.07, 6.45) is 0.204. The number of hydrogen-bond donors (Lipinski definition) is 1. The number of carbonyl (C=O) groups is 1. The molecule has 30 heavy (non-hydrogen) atoms. The number of benzene rings is 1. The van der Waals surface area contributed by atoms with E-state index in [0.29, 0.717) is 30.1 Å². The summed E-state index contributed by atoms with van der Waals surface area (Å²) in [7, 11) is 1.74. The van der Waals surface area contributed by atoms with Gasteiger partial charge in [-0.15, -0.1) is 0 Å². The molecule has 0 spiro atoms. The summed E-state index contributed by atoms with van der Waals surface area (Å²) in [6, 6.07) is 13.2. The first-order chi connectivity index (χ1) is 14.7. The van der Waals surface area contributed by atoms with Crippen LogP contribution >= 0.6 is 0 Å². The SMILES string of the molecule is CCCOC(=O)Nc1cccc(COc2nc3ccccc3n2-c2nnnn2C)n1. The van der Waals surface area contributed by atoms with Crippen LogP contribution in [-0.2, 0) is 18.4 Å². The number of nitrogens with zero attached hydrogens (tertiary/aromatic N) is 7. The number of aromatic nitrogens is 7. The van der Waals surface area contributed by atoms with Gasteiger partial charge in [-0.05, 0) is 41.1 Å². The lowest BCUT2D eigenvalue weighted by molar-refractivity contribution is 0.161. The first-order valence-electron chi connectivity index (χ1n) is 9.38. The Kier molecular flexibility index (Phi) is 5.50. The van der Waals surface area contributed by atoms with Crippen molar-refractivity contribution >= 4 is 22.9 Å². The van der Waals surface area contributed by atoms with Crippen molar-refractivity contribution < 1.29 is 14.3 Å². The number of aryl methyl sites for hydroxylation is 1.